The SMILES string of the molecule is CCOCCCNC(=O)c1c[nH]c2c(C)cccc2c1=O. The molecule has 5 nitrogen and oxygen atoms in total. The molecule has 0 spiro atoms. The highest BCUT2D eigenvalue weighted by molar-refractivity contribution is 5.97. The molecule has 0 saturated carbocycles. The van der Waals surface area contributed by atoms with Crippen molar-refractivity contribution in [3.63, 3.8) is 0 Å². The summed E-state index contributed by atoms with van der Waals surface area (Å²) in [5, 5.41) is 3.28. The number of carbonyl (C=O) groups is 1. The van der Waals surface area contributed by atoms with Gasteiger partial charge in [0, 0.05) is 31.3 Å². The molecule has 0 aliphatic carbocycles. The van der Waals surface area contributed by atoms with Crippen LogP contribution in [0.15, 0.2) is 29.2 Å². The molecule has 1 aromatic heterocycles. The molecule has 0 fully saturated rings. The third-order valence-corrected chi connectivity index (χ3v) is 3.32. The number of rotatable bonds is 6. The highest BCUT2D eigenvalue weighted by Crippen LogP contribution is 2.12. The molecule has 21 heavy (non-hydrogen) atoms. The van der Waals surface area contributed by atoms with E-state index in [-0.39, 0.29) is 16.9 Å². The second-order valence-corrected chi connectivity index (χ2v) is 4.84. The molecule has 1 heterocycles. The summed E-state index contributed by atoms with van der Waals surface area (Å²) in [4.78, 5) is 27.4. The Morgan fingerprint density at radius 2 is 2.19 bits per heavy atom. The maximum absolute atomic E-state index is 12.4. The standard InChI is InChI=1S/C16H20N2O3/c1-3-21-9-5-8-17-16(20)13-10-18-14-11(2)6-4-7-12(14)15(13)19/h4,6-7,10H,3,5,8-9H2,1-2H3,(H,17,20)(H,18,19). The molecule has 2 aromatic rings. The number of benzene rings is 1. The highest BCUT2D eigenvalue weighted by Gasteiger charge is 2.12. The summed E-state index contributed by atoms with van der Waals surface area (Å²) in [6.07, 6.45) is 2.21. The van der Waals surface area contributed by atoms with Crippen LogP contribution in [-0.2, 0) is 4.74 Å². The Morgan fingerprint density at radius 3 is 2.95 bits per heavy atom. The van der Waals surface area contributed by atoms with Crippen LogP contribution in [-0.4, -0.2) is 30.6 Å². The first-order valence-electron chi connectivity index (χ1n) is 7.12. The third-order valence-electron chi connectivity index (χ3n) is 3.32. The largest absolute Gasteiger partial charge is 0.382 e. The van der Waals surface area contributed by atoms with E-state index in [1.165, 1.54) is 6.20 Å². The second-order valence-electron chi connectivity index (χ2n) is 4.84. The van der Waals surface area contributed by atoms with Gasteiger partial charge < -0.3 is 15.0 Å². The van der Waals surface area contributed by atoms with Crippen molar-refractivity contribution in [2.45, 2.75) is 20.3 Å². The molecule has 1 aromatic carbocycles. The van der Waals surface area contributed by atoms with Crippen molar-refractivity contribution in [1.82, 2.24) is 10.3 Å². The zero-order chi connectivity index (χ0) is 15.2. The number of hydrogen-bond acceptors (Lipinski definition) is 3. The van der Waals surface area contributed by atoms with Crippen LogP contribution in [0.1, 0.15) is 29.3 Å². The van der Waals surface area contributed by atoms with Gasteiger partial charge in [-0.15, -0.1) is 0 Å². The molecule has 0 saturated heterocycles. The lowest BCUT2D eigenvalue weighted by molar-refractivity contribution is 0.0943. The van der Waals surface area contributed by atoms with E-state index in [9.17, 15) is 9.59 Å². The van der Waals surface area contributed by atoms with Crippen molar-refractivity contribution in [2.24, 2.45) is 0 Å². The van der Waals surface area contributed by atoms with Gasteiger partial charge in [-0.3, -0.25) is 9.59 Å². The Hall–Kier alpha value is -2.14. The summed E-state index contributed by atoms with van der Waals surface area (Å²) < 4.78 is 5.20. The molecule has 1 amide bonds. The number of aromatic amines is 1. The van der Waals surface area contributed by atoms with Crippen LogP contribution in [0.2, 0.25) is 0 Å². The van der Waals surface area contributed by atoms with Gasteiger partial charge in [0.1, 0.15) is 5.56 Å². The summed E-state index contributed by atoms with van der Waals surface area (Å²) in [6.45, 7) is 5.60. The molecule has 0 atom stereocenters. The number of amides is 1. The minimum atomic E-state index is -0.351. The summed E-state index contributed by atoms with van der Waals surface area (Å²) in [7, 11) is 0. The van der Waals surface area contributed by atoms with Crippen molar-refractivity contribution in [2.75, 3.05) is 19.8 Å². The predicted molar refractivity (Wildman–Crippen MR) is 82.7 cm³/mol. The fourth-order valence-corrected chi connectivity index (χ4v) is 2.19. The Morgan fingerprint density at radius 1 is 1.38 bits per heavy atom. The topological polar surface area (TPSA) is 71.2 Å². The van der Waals surface area contributed by atoms with Crippen molar-refractivity contribution in [3.05, 3.63) is 45.7 Å². The Kier molecular flexibility index (Phi) is 5.11. The Bertz CT molecular complexity index is 691. The number of aromatic nitrogens is 1. The average molecular weight is 288 g/mol. The van der Waals surface area contributed by atoms with Gasteiger partial charge in [-0.2, -0.15) is 0 Å². The molecular formula is C16H20N2O3. The smallest absolute Gasteiger partial charge is 0.256 e. The molecule has 2 rings (SSSR count). The first-order valence-corrected chi connectivity index (χ1v) is 7.12. The number of carbonyl (C=O) groups excluding carboxylic acids is 1. The van der Waals surface area contributed by atoms with Crippen LogP contribution in [0.4, 0.5) is 0 Å². The molecule has 0 aliphatic heterocycles. The van der Waals surface area contributed by atoms with Crippen LogP contribution in [0.25, 0.3) is 10.9 Å². The maximum Gasteiger partial charge on any atom is 0.256 e. The fourth-order valence-electron chi connectivity index (χ4n) is 2.19. The minimum absolute atomic E-state index is 0.143. The van der Waals surface area contributed by atoms with Crippen molar-refractivity contribution >= 4 is 16.8 Å². The zero-order valence-electron chi connectivity index (χ0n) is 12.4. The number of aryl methyl sites for hydroxylation is 1. The number of para-hydroxylation sites is 1. The van der Waals surface area contributed by atoms with Crippen LogP contribution in [0, 0.1) is 6.92 Å². The zero-order valence-corrected chi connectivity index (χ0v) is 12.4. The van der Waals surface area contributed by atoms with Crippen LogP contribution < -0.4 is 10.7 Å². The number of hydrogen-bond donors (Lipinski definition) is 2. The fraction of sp³-hybridized carbons (Fsp3) is 0.375. The average Bonchev–Trinajstić information content (AvgIpc) is 2.48. The Balaban J connectivity index is 2.13. The van der Waals surface area contributed by atoms with E-state index < -0.39 is 0 Å². The summed E-state index contributed by atoms with van der Waals surface area (Å²) >= 11 is 0. The Labute approximate surface area is 123 Å². The normalized spacial score (nSPS) is 10.8. The van der Waals surface area contributed by atoms with E-state index in [4.69, 9.17) is 4.74 Å². The van der Waals surface area contributed by atoms with Crippen LogP contribution in [0.5, 0.6) is 0 Å². The van der Waals surface area contributed by atoms with Gasteiger partial charge in [-0.05, 0) is 31.9 Å². The maximum atomic E-state index is 12.4. The molecular weight excluding hydrogens is 268 g/mol. The molecule has 5 heteroatoms. The molecule has 0 bridgehead atoms. The van der Waals surface area contributed by atoms with E-state index in [0.29, 0.717) is 25.1 Å². The number of H-pyrrole nitrogens is 1. The number of ether oxygens (including phenoxy) is 1. The van der Waals surface area contributed by atoms with Gasteiger partial charge in [0.05, 0.1) is 5.52 Å². The highest BCUT2D eigenvalue weighted by atomic mass is 16.5. The van der Waals surface area contributed by atoms with Crippen molar-refractivity contribution in [1.29, 1.82) is 0 Å². The first-order chi connectivity index (χ1) is 10.1. The number of pyridine rings is 1. The van der Waals surface area contributed by atoms with E-state index in [1.807, 2.05) is 26.0 Å². The van der Waals surface area contributed by atoms with E-state index in [2.05, 4.69) is 10.3 Å². The monoisotopic (exact) mass is 288 g/mol. The van der Waals surface area contributed by atoms with Gasteiger partial charge in [-0.25, -0.2) is 0 Å². The van der Waals surface area contributed by atoms with Gasteiger partial charge >= 0.3 is 0 Å². The van der Waals surface area contributed by atoms with E-state index in [1.54, 1.807) is 6.07 Å². The first kappa shape index (κ1) is 15.3. The molecule has 0 aliphatic rings. The van der Waals surface area contributed by atoms with Crippen molar-refractivity contribution < 1.29 is 9.53 Å². The van der Waals surface area contributed by atoms with E-state index >= 15 is 0 Å². The lowest BCUT2D eigenvalue weighted by atomic mass is 10.1. The summed E-state index contributed by atoms with van der Waals surface area (Å²) in [5.41, 5.74) is 1.66. The van der Waals surface area contributed by atoms with Crippen LogP contribution >= 0.6 is 0 Å². The quantitative estimate of drug-likeness (QED) is 0.799. The summed E-state index contributed by atoms with van der Waals surface area (Å²) in [5.74, 6) is -0.351. The lowest BCUT2D eigenvalue weighted by Crippen LogP contribution is -2.30. The molecule has 0 radical (unpaired) electrons. The predicted octanol–water partition coefficient (Wildman–Crippen LogP) is 1.99. The minimum Gasteiger partial charge on any atom is -0.382 e. The van der Waals surface area contributed by atoms with Gasteiger partial charge in [0.2, 0.25) is 5.43 Å². The second kappa shape index (κ2) is 7.04. The van der Waals surface area contributed by atoms with Crippen molar-refractivity contribution in [3.8, 4) is 0 Å². The summed E-state index contributed by atoms with van der Waals surface area (Å²) in [6, 6.07) is 5.47. The van der Waals surface area contributed by atoms with Gasteiger partial charge in [0.15, 0.2) is 0 Å². The third kappa shape index (κ3) is 3.49. The molecule has 112 valence electrons. The molecule has 2 N–H and O–H groups in total. The van der Waals surface area contributed by atoms with Gasteiger partial charge in [-0.1, -0.05) is 12.1 Å². The number of fused-ring (bicyclic) bond motifs is 1. The van der Waals surface area contributed by atoms with E-state index in [0.717, 1.165) is 17.5 Å². The van der Waals surface area contributed by atoms with Crippen LogP contribution in [0.3, 0.4) is 0 Å². The lowest BCUT2D eigenvalue weighted by Gasteiger charge is -2.07. The van der Waals surface area contributed by atoms with Gasteiger partial charge in [0.25, 0.3) is 5.91 Å². The number of nitrogens with one attached hydrogen (secondary N) is 2. The molecule has 0 unspecified atom stereocenters.